The zero-order valence-electron chi connectivity index (χ0n) is 19.1. The summed E-state index contributed by atoms with van der Waals surface area (Å²) in [7, 11) is 0. The van der Waals surface area contributed by atoms with Crippen LogP contribution in [-0.4, -0.2) is 4.98 Å². The first kappa shape index (κ1) is 23.9. The molecule has 1 heterocycles. The van der Waals surface area contributed by atoms with Crippen LogP contribution in [0.1, 0.15) is 48.4 Å². The molecule has 0 N–H and O–H groups in total. The standard InChI is InChI=1S/C29H27F4N/c1-2-3-4-5-21-9-17-27(34-19-21)24-13-16-26-23(18-24)12-11-22(28(26)30)10-6-20-7-14-25(15-8-20)29(31,32)33/h7-9,11-19H,2-6,10H2,1H3. The minimum absolute atomic E-state index is 0.282. The second-order valence-electron chi connectivity index (χ2n) is 8.68. The summed E-state index contributed by atoms with van der Waals surface area (Å²) >= 11 is 0. The molecule has 0 radical (unpaired) electrons. The van der Waals surface area contributed by atoms with Crippen molar-refractivity contribution in [1.29, 1.82) is 0 Å². The maximum atomic E-state index is 15.2. The van der Waals surface area contributed by atoms with Crippen molar-refractivity contribution in [1.82, 2.24) is 4.98 Å². The third-order valence-corrected chi connectivity index (χ3v) is 6.19. The topological polar surface area (TPSA) is 12.9 Å². The number of rotatable bonds is 8. The van der Waals surface area contributed by atoms with Crippen LogP contribution in [0.25, 0.3) is 22.0 Å². The van der Waals surface area contributed by atoms with Crippen LogP contribution in [0.3, 0.4) is 0 Å². The fraction of sp³-hybridized carbons (Fsp3) is 0.276. The quantitative estimate of drug-likeness (QED) is 0.188. The molecule has 0 saturated heterocycles. The third kappa shape index (κ3) is 5.64. The lowest BCUT2D eigenvalue weighted by Crippen LogP contribution is -2.04. The van der Waals surface area contributed by atoms with Crippen LogP contribution in [0.15, 0.2) is 72.9 Å². The molecule has 176 valence electrons. The van der Waals surface area contributed by atoms with Crippen molar-refractivity contribution in [2.75, 3.05) is 0 Å². The summed E-state index contributed by atoms with van der Waals surface area (Å²) in [6.07, 6.45) is 3.03. The molecule has 1 aromatic heterocycles. The molecule has 5 heteroatoms. The van der Waals surface area contributed by atoms with Crippen LogP contribution in [0.2, 0.25) is 0 Å². The van der Waals surface area contributed by atoms with E-state index in [4.69, 9.17) is 0 Å². The highest BCUT2D eigenvalue weighted by Gasteiger charge is 2.29. The molecule has 3 aromatic carbocycles. The van der Waals surface area contributed by atoms with Crippen LogP contribution in [0, 0.1) is 5.82 Å². The van der Waals surface area contributed by atoms with Crippen molar-refractivity contribution in [3.8, 4) is 11.3 Å². The first-order valence-corrected chi connectivity index (χ1v) is 11.7. The lowest BCUT2D eigenvalue weighted by atomic mass is 9.98. The largest absolute Gasteiger partial charge is 0.416 e. The second-order valence-corrected chi connectivity index (χ2v) is 8.68. The van der Waals surface area contributed by atoms with Gasteiger partial charge >= 0.3 is 6.18 Å². The molecular weight excluding hydrogens is 438 g/mol. The van der Waals surface area contributed by atoms with Gasteiger partial charge < -0.3 is 0 Å². The Bertz CT molecular complexity index is 1240. The number of alkyl halides is 3. The molecule has 0 unspecified atom stereocenters. The Morgan fingerprint density at radius 3 is 2.21 bits per heavy atom. The molecule has 1 nitrogen and oxygen atoms in total. The van der Waals surface area contributed by atoms with Gasteiger partial charge in [-0.2, -0.15) is 13.2 Å². The van der Waals surface area contributed by atoms with Gasteiger partial charge in [-0.15, -0.1) is 0 Å². The maximum absolute atomic E-state index is 15.2. The van der Waals surface area contributed by atoms with Crippen LogP contribution >= 0.6 is 0 Å². The lowest BCUT2D eigenvalue weighted by Gasteiger charge is -2.10. The summed E-state index contributed by atoms with van der Waals surface area (Å²) in [4.78, 5) is 4.59. The Morgan fingerprint density at radius 2 is 1.53 bits per heavy atom. The van der Waals surface area contributed by atoms with E-state index in [0.29, 0.717) is 23.8 Å². The highest BCUT2D eigenvalue weighted by molar-refractivity contribution is 5.88. The lowest BCUT2D eigenvalue weighted by molar-refractivity contribution is -0.137. The number of pyridine rings is 1. The van der Waals surface area contributed by atoms with E-state index in [2.05, 4.69) is 18.0 Å². The summed E-state index contributed by atoms with van der Waals surface area (Å²) in [5.74, 6) is -0.282. The number of nitrogens with zero attached hydrogens (tertiary/aromatic N) is 1. The highest BCUT2D eigenvalue weighted by Crippen LogP contribution is 2.30. The second kappa shape index (κ2) is 10.4. The molecule has 0 aliphatic heterocycles. The molecule has 4 rings (SSSR count). The number of unbranched alkanes of at least 4 members (excludes halogenated alkanes) is 2. The number of halogens is 4. The molecule has 34 heavy (non-hydrogen) atoms. The minimum atomic E-state index is -4.35. The molecule has 0 atom stereocenters. The summed E-state index contributed by atoms with van der Waals surface area (Å²) < 4.78 is 53.4. The number of benzene rings is 3. The summed E-state index contributed by atoms with van der Waals surface area (Å²) in [6, 6.07) is 18.4. The molecule has 0 aliphatic carbocycles. The minimum Gasteiger partial charge on any atom is -0.256 e. The van der Waals surface area contributed by atoms with Gasteiger partial charge in [0.05, 0.1) is 11.3 Å². The van der Waals surface area contributed by atoms with E-state index < -0.39 is 11.7 Å². The fourth-order valence-electron chi connectivity index (χ4n) is 4.15. The monoisotopic (exact) mass is 465 g/mol. The summed E-state index contributed by atoms with van der Waals surface area (Å²) in [5.41, 5.74) is 3.63. The summed E-state index contributed by atoms with van der Waals surface area (Å²) in [5, 5.41) is 1.33. The van der Waals surface area contributed by atoms with E-state index in [-0.39, 0.29) is 5.82 Å². The predicted octanol–water partition coefficient (Wildman–Crippen LogP) is 8.58. The number of hydrogen-bond acceptors (Lipinski definition) is 1. The SMILES string of the molecule is CCCCCc1ccc(-c2ccc3c(F)c(CCc4ccc(C(F)(F)F)cc4)ccc3c2)nc1. The van der Waals surface area contributed by atoms with Crippen molar-refractivity contribution in [2.24, 2.45) is 0 Å². The van der Waals surface area contributed by atoms with Gasteiger partial charge in [-0.25, -0.2) is 4.39 Å². The molecule has 4 aromatic rings. The highest BCUT2D eigenvalue weighted by atomic mass is 19.4. The van der Waals surface area contributed by atoms with Gasteiger partial charge in [0.25, 0.3) is 0 Å². The number of aromatic nitrogens is 1. The smallest absolute Gasteiger partial charge is 0.256 e. The van der Waals surface area contributed by atoms with E-state index in [1.54, 1.807) is 12.1 Å². The maximum Gasteiger partial charge on any atom is 0.416 e. The molecule has 0 spiro atoms. The van der Waals surface area contributed by atoms with Crippen molar-refractivity contribution < 1.29 is 17.6 Å². The van der Waals surface area contributed by atoms with Gasteiger partial charge in [-0.3, -0.25) is 4.98 Å². The zero-order chi connectivity index (χ0) is 24.1. The number of hydrogen-bond donors (Lipinski definition) is 0. The summed E-state index contributed by atoms with van der Waals surface area (Å²) in [6.45, 7) is 2.19. The third-order valence-electron chi connectivity index (χ3n) is 6.19. The van der Waals surface area contributed by atoms with Gasteiger partial charge in [0.15, 0.2) is 0 Å². The van der Waals surface area contributed by atoms with Gasteiger partial charge in [0.2, 0.25) is 0 Å². The molecule has 0 aliphatic rings. The molecular formula is C29H27F4N. The van der Waals surface area contributed by atoms with Crippen LogP contribution < -0.4 is 0 Å². The Kier molecular flexibility index (Phi) is 7.30. The Labute approximate surface area is 197 Å². The Morgan fingerprint density at radius 1 is 0.765 bits per heavy atom. The van der Waals surface area contributed by atoms with Crippen LogP contribution in [0.5, 0.6) is 0 Å². The van der Waals surface area contributed by atoms with E-state index in [1.807, 2.05) is 30.5 Å². The zero-order valence-corrected chi connectivity index (χ0v) is 19.1. The Balaban J connectivity index is 1.47. The Hall–Kier alpha value is -3.21. The van der Waals surface area contributed by atoms with Crippen molar-refractivity contribution in [3.05, 3.63) is 101 Å². The van der Waals surface area contributed by atoms with Gasteiger partial charge in [-0.05, 0) is 72.0 Å². The van der Waals surface area contributed by atoms with Crippen LogP contribution in [0.4, 0.5) is 17.6 Å². The molecule has 0 saturated carbocycles. The van der Waals surface area contributed by atoms with Gasteiger partial charge in [0.1, 0.15) is 5.82 Å². The fourth-order valence-corrected chi connectivity index (χ4v) is 4.15. The number of aryl methyl sites for hydroxylation is 3. The predicted molar refractivity (Wildman–Crippen MR) is 129 cm³/mol. The van der Waals surface area contributed by atoms with E-state index in [0.717, 1.165) is 47.2 Å². The normalized spacial score (nSPS) is 11.8. The van der Waals surface area contributed by atoms with Crippen molar-refractivity contribution in [3.63, 3.8) is 0 Å². The number of fused-ring (bicyclic) bond motifs is 1. The van der Waals surface area contributed by atoms with Gasteiger partial charge in [-0.1, -0.05) is 62.2 Å². The van der Waals surface area contributed by atoms with E-state index in [9.17, 15) is 13.2 Å². The first-order chi connectivity index (χ1) is 16.3. The van der Waals surface area contributed by atoms with E-state index in [1.165, 1.54) is 30.5 Å². The first-order valence-electron chi connectivity index (χ1n) is 11.7. The average Bonchev–Trinajstić information content (AvgIpc) is 2.84. The molecule has 0 bridgehead atoms. The molecule has 0 amide bonds. The molecule has 0 fully saturated rings. The van der Waals surface area contributed by atoms with Crippen molar-refractivity contribution >= 4 is 10.8 Å². The average molecular weight is 466 g/mol. The van der Waals surface area contributed by atoms with E-state index >= 15 is 4.39 Å². The van der Waals surface area contributed by atoms with Gasteiger partial charge in [0, 0.05) is 17.1 Å². The van der Waals surface area contributed by atoms with Crippen molar-refractivity contribution in [2.45, 2.75) is 51.6 Å². The van der Waals surface area contributed by atoms with Crippen LogP contribution in [-0.2, 0) is 25.4 Å².